The van der Waals surface area contributed by atoms with Crippen LogP contribution < -0.4 is 10.4 Å². The smallest absolute Gasteiger partial charge is 0.430 e. The summed E-state index contributed by atoms with van der Waals surface area (Å²) in [4.78, 5) is 20.9. The van der Waals surface area contributed by atoms with Crippen LogP contribution in [-0.4, -0.2) is 36.8 Å². The van der Waals surface area contributed by atoms with E-state index in [1.807, 2.05) is 66.0 Å². The molecule has 1 fully saturated rings. The summed E-state index contributed by atoms with van der Waals surface area (Å²) in [5.41, 5.74) is 2.17. The van der Waals surface area contributed by atoms with E-state index in [2.05, 4.69) is 0 Å². The molecule has 0 bridgehead atoms. The highest BCUT2D eigenvalue weighted by Gasteiger charge is 2.35. The van der Waals surface area contributed by atoms with Crippen molar-refractivity contribution in [2.75, 3.05) is 6.54 Å². The number of nitrogens with two attached hydrogens (primary N) is 1. The predicted octanol–water partition coefficient (Wildman–Crippen LogP) is 0.950. The van der Waals surface area contributed by atoms with E-state index in [0.29, 0.717) is 19.6 Å². The number of quaternary nitrogens is 1. The summed E-state index contributed by atoms with van der Waals surface area (Å²) in [6.45, 7) is 1.72. The maximum Gasteiger partial charge on any atom is 0.430 e. The van der Waals surface area contributed by atoms with Gasteiger partial charge in [-0.1, -0.05) is 60.7 Å². The number of esters is 1. The Morgan fingerprint density at radius 2 is 1.47 bits per heavy atom. The third kappa shape index (κ3) is 8.22. The number of carbonyl (C=O) groups is 2. The van der Waals surface area contributed by atoms with E-state index < -0.39 is 12.1 Å². The number of carboxylic acid groups (broad SMARTS) is 1. The van der Waals surface area contributed by atoms with Crippen molar-refractivity contribution in [2.24, 2.45) is 0 Å². The molecule has 0 spiro atoms. The number of carbonyl (C=O) groups excluding carboxylic acids is 2. The Morgan fingerprint density at radius 3 is 1.97 bits per heavy atom. The van der Waals surface area contributed by atoms with E-state index in [-0.39, 0.29) is 18.1 Å². The van der Waals surface area contributed by atoms with Gasteiger partial charge in [0.05, 0.1) is 6.61 Å². The summed E-state index contributed by atoms with van der Waals surface area (Å²) < 4.78 is 42.8. The predicted molar refractivity (Wildman–Crippen MR) is 97.5 cm³/mol. The fourth-order valence-corrected chi connectivity index (χ4v) is 2.74. The quantitative estimate of drug-likeness (QED) is 0.696. The maximum absolute atomic E-state index is 12.1. The first-order valence-corrected chi connectivity index (χ1v) is 9.23. The Labute approximate surface area is 171 Å². The fraction of sp³-hybridized carbons (Fsp3) is 0.333. The van der Waals surface area contributed by atoms with Crippen LogP contribution in [0.2, 0.25) is 0 Å². The summed E-state index contributed by atoms with van der Waals surface area (Å²) in [5.74, 6) is -3.16. The lowest BCUT2D eigenvalue weighted by atomic mass is 10.2. The lowest BCUT2D eigenvalue weighted by Gasteiger charge is -2.09. The normalized spacial score (nSPS) is 18.2. The van der Waals surface area contributed by atoms with E-state index in [4.69, 9.17) is 19.4 Å². The number of rotatable bonds is 6. The van der Waals surface area contributed by atoms with Gasteiger partial charge in [0, 0.05) is 6.42 Å². The van der Waals surface area contributed by atoms with Crippen molar-refractivity contribution < 1.29 is 42.7 Å². The highest BCUT2D eigenvalue weighted by Crippen LogP contribution is 2.12. The Hall–Kier alpha value is -2.91. The molecule has 2 atom stereocenters. The van der Waals surface area contributed by atoms with Crippen molar-refractivity contribution in [3.8, 4) is 0 Å². The zero-order chi connectivity index (χ0) is 22.0. The zero-order valence-electron chi connectivity index (χ0n) is 16.0. The van der Waals surface area contributed by atoms with E-state index in [1.54, 1.807) is 0 Å². The summed E-state index contributed by atoms with van der Waals surface area (Å²) in [6, 6.07) is 19.7. The summed E-state index contributed by atoms with van der Waals surface area (Å²) in [7, 11) is 0. The van der Waals surface area contributed by atoms with Crippen LogP contribution in [0.25, 0.3) is 0 Å². The van der Waals surface area contributed by atoms with Gasteiger partial charge in [-0.25, -0.2) is 4.79 Å². The molecule has 6 nitrogen and oxygen atoms in total. The van der Waals surface area contributed by atoms with Crippen molar-refractivity contribution in [1.29, 1.82) is 0 Å². The number of alkyl halides is 3. The molecule has 0 unspecified atom stereocenters. The third-order valence-electron chi connectivity index (χ3n) is 4.29. The molecule has 2 aromatic carbocycles. The van der Waals surface area contributed by atoms with Crippen LogP contribution in [0.4, 0.5) is 13.2 Å². The molecule has 1 heterocycles. The van der Waals surface area contributed by atoms with E-state index in [1.165, 1.54) is 0 Å². The van der Waals surface area contributed by atoms with Gasteiger partial charge in [0.1, 0.15) is 25.2 Å². The highest BCUT2D eigenvalue weighted by atomic mass is 19.4. The second-order valence-corrected chi connectivity index (χ2v) is 6.61. The Kier molecular flexibility index (Phi) is 8.82. The molecular formula is C21H22F3NO5. The van der Waals surface area contributed by atoms with Crippen LogP contribution in [0, 0.1) is 0 Å². The Balaban J connectivity index is 0.000000396. The molecule has 9 heteroatoms. The molecule has 0 aromatic heterocycles. The molecule has 1 saturated heterocycles. The third-order valence-corrected chi connectivity index (χ3v) is 4.29. The van der Waals surface area contributed by atoms with Gasteiger partial charge in [-0.2, -0.15) is 13.2 Å². The Bertz CT molecular complexity index is 799. The maximum atomic E-state index is 12.1. The first-order chi connectivity index (χ1) is 14.3. The van der Waals surface area contributed by atoms with Crippen molar-refractivity contribution in [2.45, 2.75) is 38.0 Å². The van der Waals surface area contributed by atoms with Crippen molar-refractivity contribution in [3.05, 3.63) is 71.8 Å². The molecule has 1 aliphatic rings. The standard InChI is InChI=1S/C19H21NO3.C2HF3O2/c21-19(23-14-16-9-5-2-6-10-16)18-11-17(12-20-18)22-13-15-7-3-1-4-8-15;3-2(4,5)1(6)7/h1-10,17-18,20H,11-14H2;(H,6,7)/t17-,18-;/m1./s1. The van der Waals surface area contributed by atoms with E-state index in [9.17, 15) is 18.0 Å². The Morgan fingerprint density at radius 1 is 0.967 bits per heavy atom. The van der Waals surface area contributed by atoms with Crippen LogP contribution in [0.3, 0.4) is 0 Å². The van der Waals surface area contributed by atoms with Crippen LogP contribution >= 0.6 is 0 Å². The molecule has 30 heavy (non-hydrogen) atoms. The molecule has 0 radical (unpaired) electrons. The number of aliphatic carboxylic acids is 1. The highest BCUT2D eigenvalue weighted by molar-refractivity contribution is 5.74. The summed E-state index contributed by atoms with van der Waals surface area (Å²) in [6.07, 6.45) is -4.38. The van der Waals surface area contributed by atoms with Crippen molar-refractivity contribution >= 4 is 11.9 Å². The summed E-state index contributed by atoms with van der Waals surface area (Å²) in [5, 5.41) is 10.8. The van der Waals surface area contributed by atoms with Crippen molar-refractivity contribution in [3.63, 3.8) is 0 Å². The van der Waals surface area contributed by atoms with Gasteiger partial charge in [0.15, 0.2) is 6.04 Å². The summed E-state index contributed by atoms with van der Waals surface area (Å²) >= 11 is 0. The minimum atomic E-state index is -5.19. The second-order valence-electron chi connectivity index (χ2n) is 6.61. The van der Waals surface area contributed by atoms with Crippen LogP contribution in [0.5, 0.6) is 0 Å². The van der Waals surface area contributed by atoms with Gasteiger partial charge in [-0.3, -0.25) is 0 Å². The van der Waals surface area contributed by atoms with Gasteiger partial charge >= 0.3 is 12.1 Å². The molecule has 3 rings (SSSR count). The number of benzene rings is 2. The topological polar surface area (TPSA) is 92.3 Å². The minimum absolute atomic E-state index is 0.101. The van der Waals surface area contributed by atoms with Gasteiger partial charge in [-0.15, -0.1) is 0 Å². The van der Waals surface area contributed by atoms with Gasteiger partial charge in [0.2, 0.25) is 0 Å². The fourth-order valence-electron chi connectivity index (χ4n) is 2.74. The molecule has 0 saturated carbocycles. The second kappa shape index (κ2) is 11.3. The molecule has 1 aliphatic heterocycles. The largest absolute Gasteiger partial charge is 0.542 e. The molecule has 0 aliphatic carbocycles. The lowest BCUT2D eigenvalue weighted by molar-refractivity contribution is -0.661. The van der Waals surface area contributed by atoms with Crippen LogP contribution in [0.15, 0.2) is 60.7 Å². The van der Waals surface area contributed by atoms with Gasteiger partial charge < -0.3 is 24.7 Å². The SMILES string of the molecule is O=C(OCc1ccccc1)[C@H]1C[C@@H](OCc2ccccc2)C[NH2+]1.O=C([O-])C(F)(F)F. The lowest BCUT2D eigenvalue weighted by Crippen LogP contribution is -2.89. The monoisotopic (exact) mass is 425 g/mol. The van der Waals surface area contributed by atoms with Crippen molar-refractivity contribution in [1.82, 2.24) is 0 Å². The van der Waals surface area contributed by atoms with E-state index >= 15 is 0 Å². The molecule has 2 aromatic rings. The first-order valence-electron chi connectivity index (χ1n) is 9.23. The number of hydrogen-bond acceptors (Lipinski definition) is 5. The number of hydrogen-bond donors (Lipinski definition) is 1. The van der Waals surface area contributed by atoms with Crippen LogP contribution in [-0.2, 0) is 32.3 Å². The first kappa shape index (κ1) is 23.4. The average Bonchev–Trinajstić information content (AvgIpc) is 3.21. The zero-order valence-corrected chi connectivity index (χ0v) is 16.0. The minimum Gasteiger partial charge on any atom is -0.542 e. The van der Waals surface area contributed by atoms with E-state index in [0.717, 1.165) is 17.7 Å². The van der Waals surface area contributed by atoms with Crippen LogP contribution in [0.1, 0.15) is 17.5 Å². The van der Waals surface area contributed by atoms with Gasteiger partial charge in [-0.05, 0) is 11.1 Å². The average molecular weight is 425 g/mol. The number of ether oxygens (including phenoxy) is 2. The molecule has 2 N–H and O–H groups in total. The number of carboxylic acids is 1. The van der Waals surface area contributed by atoms with Gasteiger partial charge in [0.25, 0.3) is 0 Å². The molecule has 162 valence electrons. The molecule has 0 amide bonds. The number of halogens is 3. The molecular weight excluding hydrogens is 403 g/mol.